The zero-order valence-corrected chi connectivity index (χ0v) is 12.6. The van der Waals surface area contributed by atoms with Gasteiger partial charge >= 0.3 is 5.97 Å². The van der Waals surface area contributed by atoms with Crippen molar-refractivity contribution < 1.29 is 24.1 Å². The molecular weight excluding hydrogens is 260 g/mol. The number of esters is 1. The number of carbonyl (C=O) groups excluding carboxylic acids is 1. The lowest BCUT2D eigenvalue weighted by molar-refractivity contribution is -0.162. The summed E-state index contributed by atoms with van der Waals surface area (Å²) in [5.74, 6) is -0.416. The molecule has 2 aliphatic rings. The molecule has 2 atom stereocenters. The van der Waals surface area contributed by atoms with Gasteiger partial charge in [-0.25, -0.2) is 0 Å². The summed E-state index contributed by atoms with van der Waals surface area (Å²) in [4.78, 5) is 12.0. The van der Waals surface area contributed by atoms with Crippen molar-refractivity contribution in [1.82, 2.24) is 0 Å². The molecule has 0 aromatic rings. The van der Waals surface area contributed by atoms with E-state index in [0.29, 0.717) is 12.5 Å². The summed E-state index contributed by atoms with van der Waals surface area (Å²) >= 11 is 0. The van der Waals surface area contributed by atoms with Crippen molar-refractivity contribution in [3.05, 3.63) is 0 Å². The summed E-state index contributed by atoms with van der Waals surface area (Å²) < 4.78 is 16.4. The van der Waals surface area contributed by atoms with Crippen LogP contribution >= 0.6 is 0 Å². The molecular formula is C15H26O5. The zero-order chi connectivity index (χ0) is 14.8. The Kier molecular flexibility index (Phi) is 5.04. The van der Waals surface area contributed by atoms with Crippen LogP contribution in [0.5, 0.6) is 0 Å². The van der Waals surface area contributed by atoms with Crippen molar-refractivity contribution >= 4 is 5.97 Å². The number of rotatable bonds is 4. The Labute approximate surface area is 120 Å². The zero-order valence-electron chi connectivity index (χ0n) is 12.6. The second-order valence-electron chi connectivity index (χ2n) is 6.43. The second kappa shape index (κ2) is 6.41. The summed E-state index contributed by atoms with van der Waals surface area (Å²) in [6.07, 6.45) is 2.96. The molecule has 5 heteroatoms. The van der Waals surface area contributed by atoms with Gasteiger partial charge < -0.3 is 19.3 Å². The third-order valence-corrected chi connectivity index (χ3v) is 4.27. The lowest BCUT2D eigenvalue weighted by Crippen LogP contribution is -2.30. The van der Waals surface area contributed by atoms with E-state index in [0.717, 1.165) is 25.7 Å². The molecule has 1 heterocycles. The molecule has 1 saturated heterocycles. The van der Waals surface area contributed by atoms with Crippen LogP contribution in [0, 0.1) is 11.8 Å². The van der Waals surface area contributed by atoms with Crippen LogP contribution in [0.25, 0.3) is 0 Å². The van der Waals surface area contributed by atoms with Crippen LogP contribution in [0.3, 0.4) is 0 Å². The van der Waals surface area contributed by atoms with Gasteiger partial charge in [-0.3, -0.25) is 4.79 Å². The monoisotopic (exact) mass is 286 g/mol. The van der Waals surface area contributed by atoms with E-state index in [-0.39, 0.29) is 30.7 Å². The largest absolute Gasteiger partial charge is 0.463 e. The maximum Gasteiger partial charge on any atom is 0.309 e. The highest BCUT2D eigenvalue weighted by molar-refractivity contribution is 5.72. The minimum absolute atomic E-state index is 0.0275. The first kappa shape index (κ1) is 15.7. The quantitative estimate of drug-likeness (QED) is 0.799. The fourth-order valence-electron chi connectivity index (χ4n) is 2.98. The number of hydrogen-bond donors (Lipinski definition) is 1. The Balaban J connectivity index is 1.69. The molecule has 5 nitrogen and oxygen atoms in total. The Morgan fingerprint density at radius 3 is 2.50 bits per heavy atom. The molecule has 0 aromatic heterocycles. The average Bonchev–Trinajstić information content (AvgIpc) is 2.75. The van der Waals surface area contributed by atoms with Crippen LogP contribution in [0.2, 0.25) is 0 Å². The van der Waals surface area contributed by atoms with Crippen molar-refractivity contribution in [3.8, 4) is 0 Å². The summed E-state index contributed by atoms with van der Waals surface area (Å²) in [7, 11) is 0. The van der Waals surface area contributed by atoms with Gasteiger partial charge in [0.05, 0.1) is 18.6 Å². The van der Waals surface area contributed by atoms with Crippen molar-refractivity contribution in [1.29, 1.82) is 0 Å². The van der Waals surface area contributed by atoms with Gasteiger partial charge in [-0.2, -0.15) is 0 Å². The van der Waals surface area contributed by atoms with E-state index in [1.807, 2.05) is 20.8 Å². The van der Waals surface area contributed by atoms with Crippen LogP contribution in [-0.4, -0.2) is 42.3 Å². The summed E-state index contributed by atoms with van der Waals surface area (Å²) in [6.45, 7) is 6.26. The first-order chi connectivity index (χ1) is 9.37. The fraction of sp³-hybridized carbons (Fsp3) is 0.933. The van der Waals surface area contributed by atoms with Gasteiger partial charge in [0.2, 0.25) is 0 Å². The topological polar surface area (TPSA) is 65.0 Å². The average molecular weight is 286 g/mol. The first-order valence-corrected chi connectivity index (χ1v) is 7.54. The lowest BCUT2D eigenvalue weighted by Gasteiger charge is -2.29. The molecule has 0 aromatic carbocycles. The van der Waals surface area contributed by atoms with E-state index >= 15 is 0 Å². The van der Waals surface area contributed by atoms with Crippen molar-refractivity contribution in [2.24, 2.45) is 11.8 Å². The molecule has 0 bridgehead atoms. The molecule has 0 radical (unpaired) electrons. The Morgan fingerprint density at radius 1 is 1.35 bits per heavy atom. The van der Waals surface area contributed by atoms with Gasteiger partial charge in [-0.05, 0) is 52.4 Å². The maximum atomic E-state index is 12.0. The third kappa shape index (κ3) is 4.17. The summed E-state index contributed by atoms with van der Waals surface area (Å²) in [5.41, 5.74) is 0. The van der Waals surface area contributed by atoms with Crippen LogP contribution in [0.1, 0.15) is 46.5 Å². The minimum atomic E-state index is -0.577. The molecule has 116 valence electrons. The van der Waals surface area contributed by atoms with E-state index in [2.05, 4.69) is 0 Å². The number of aliphatic hydroxyl groups is 1. The van der Waals surface area contributed by atoms with Gasteiger partial charge in [0.15, 0.2) is 5.79 Å². The molecule has 20 heavy (non-hydrogen) atoms. The van der Waals surface area contributed by atoms with E-state index in [1.165, 1.54) is 0 Å². The highest BCUT2D eigenvalue weighted by Gasteiger charge is 2.34. The number of ether oxygens (including phenoxy) is 3. The summed E-state index contributed by atoms with van der Waals surface area (Å²) in [6, 6.07) is 0. The van der Waals surface area contributed by atoms with Crippen LogP contribution in [-0.2, 0) is 19.0 Å². The molecule has 2 rings (SSSR count). The van der Waals surface area contributed by atoms with Crippen LogP contribution in [0.15, 0.2) is 0 Å². The van der Waals surface area contributed by atoms with E-state index in [9.17, 15) is 9.90 Å². The van der Waals surface area contributed by atoms with Crippen LogP contribution < -0.4 is 0 Å². The highest BCUT2D eigenvalue weighted by Crippen LogP contribution is 2.31. The molecule has 2 fully saturated rings. The van der Waals surface area contributed by atoms with E-state index in [1.54, 1.807) is 0 Å². The first-order valence-electron chi connectivity index (χ1n) is 7.54. The summed E-state index contributed by atoms with van der Waals surface area (Å²) in [5, 5.41) is 9.55. The fourth-order valence-corrected chi connectivity index (χ4v) is 2.98. The SMILES string of the molecule is C[C@@H](O)C1CCC(C(=O)OC[C@H]2COC(C)(C)O2)CC1. The number of aliphatic hydroxyl groups excluding tert-OH is 1. The van der Waals surface area contributed by atoms with Gasteiger partial charge in [-0.1, -0.05) is 0 Å². The predicted octanol–water partition coefficient (Wildman–Crippen LogP) is 1.87. The molecule has 1 aliphatic heterocycles. The highest BCUT2D eigenvalue weighted by atomic mass is 16.7. The van der Waals surface area contributed by atoms with Crippen molar-refractivity contribution in [2.75, 3.05) is 13.2 Å². The molecule has 0 unspecified atom stereocenters. The lowest BCUT2D eigenvalue weighted by atomic mass is 9.80. The van der Waals surface area contributed by atoms with E-state index < -0.39 is 5.79 Å². The smallest absolute Gasteiger partial charge is 0.309 e. The third-order valence-electron chi connectivity index (χ3n) is 4.27. The van der Waals surface area contributed by atoms with Crippen LogP contribution in [0.4, 0.5) is 0 Å². The number of carbonyl (C=O) groups is 1. The Morgan fingerprint density at radius 2 is 2.00 bits per heavy atom. The second-order valence-corrected chi connectivity index (χ2v) is 6.43. The van der Waals surface area contributed by atoms with Crippen molar-refractivity contribution in [3.63, 3.8) is 0 Å². The predicted molar refractivity (Wildman–Crippen MR) is 73.0 cm³/mol. The van der Waals surface area contributed by atoms with Gasteiger partial charge in [0, 0.05) is 0 Å². The Hall–Kier alpha value is -0.650. The standard InChI is InChI=1S/C15H26O5/c1-10(16)11-4-6-12(7-5-11)14(17)18-8-13-9-19-15(2,3)20-13/h10-13,16H,4-9H2,1-3H3/t10-,11?,12?,13+/m1/s1. The maximum absolute atomic E-state index is 12.0. The molecule has 1 aliphatic carbocycles. The van der Waals surface area contributed by atoms with E-state index in [4.69, 9.17) is 14.2 Å². The Bertz CT molecular complexity index is 331. The molecule has 1 saturated carbocycles. The molecule has 1 N–H and O–H groups in total. The normalized spacial score (nSPS) is 34.7. The van der Waals surface area contributed by atoms with Gasteiger partial charge in [-0.15, -0.1) is 0 Å². The van der Waals surface area contributed by atoms with Gasteiger partial charge in [0.1, 0.15) is 12.7 Å². The molecule has 0 spiro atoms. The molecule has 0 amide bonds. The minimum Gasteiger partial charge on any atom is -0.463 e. The van der Waals surface area contributed by atoms with Crippen molar-refractivity contribution in [2.45, 2.75) is 64.4 Å². The number of hydrogen-bond acceptors (Lipinski definition) is 5. The van der Waals surface area contributed by atoms with Gasteiger partial charge in [0.25, 0.3) is 0 Å².